The molecular formula is C46H65NO8. The smallest absolute Gasteiger partial charge is 0.233 e. The van der Waals surface area contributed by atoms with Crippen molar-refractivity contribution < 1.29 is 39.9 Å². The lowest BCUT2D eigenvalue weighted by Gasteiger charge is -2.66. The minimum atomic E-state index is -1.38. The summed E-state index contributed by atoms with van der Waals surface area (Å²) in [6, 6.07) is 5.52. The first-order valence-corrected chi connectivity index (χ1v) is 21.8. The molecule has 1 aromatic carbocycles. The average Bonchev–Trinajstić information content (AvgIpc) is 3.72. The van der Waals surface area contributed by atoms with Crippen molar-refractivity contribution in [2.24, 2.45) is 51.2 Å². The number of amides is 1. The molecule has 2 saturated heterocycles. The molecule has 7 fully saturated rings. The SMILES string of the molecule is CC(C)[C@@H](C)[C@H]1O[C@H]1[C@](C)(O)[C@@H]1CC[C@]2(O)C3=CC(=O)[C@H]4C[C@@H](O)[C@@H](O)[C@@H]5CC[C@@]3(CC[C@]12CCc1cc(O)cc(N2CCC3(CCCCC3)C2=O)c1)[C@]45C. The van der Waals surface area contributed by atoms with Crippen molar-refractivity contribution in [3.63, 3.8) is 0 Å². The highest BCUT2D eigenvalue weighted by Gasteiger charge is 2.78. The molecule has 13 atom stereocenters. The number of anilines is 1. The van der Waals surface area contributed by atoms with E-state index >= 15 is 0 Å². The molecule has 5 saturated carbocycles. The number of aromatic hydroxyl groups is 1. The average molecular weight is 760 g/mol. The van der Waals surface area contributed by atoms with E-state index < -0.39 is 45.6 Å². The van der Waals surface area contributed by atoms with Crippen LogP contribution in [0.2, 0.25) is 0 Å². The summed E-state index contributed by atoms with van der Waals surface area (Å²) in [5.41, 5.74) is -2.41. The second-order valence-corrected chi connectivity index (χ2v) is 20.7. The summed E-state index contributed by atoms with van der Waals surface area (Å²) in [7, 11) is 0. The number of aliphatic hydroxyl groups is 4. The summed E-state index contributed by atoms with van der Waals surface area (Å²) in [4.78, 5) is 30.1. The standard InChI is InChI=1S/C46H65NO8/c1-26(2)27(3)38-39(55-38)42(5,53)35-11-16-46(54)36-25-33(49)32-24-34(50)37(51)31-10-15-44(36,41(31,32)4)17-18-45(35,46)14-9-28-21-29(23-30(48)22-28)47-20-19-43(40(47)52)12-7-6-8-13-43/h21-23,25-27,31-32,34-35,37-39,48,50-51,53-54H,6-20,24H2,1-5H3/t27-,31+,32-,34-,35+,37+,38-,39-,41+,42-,44+,45-,46+/m1/s1. The number of phenolic OH excluding ortho intramolecular Hbond substituents is 1. The Morgan fingerprint density at radius 3 is 2.44 bits per heavy atom. The quantitative estimate of drug-likeness (QED) is 0.191. The van der Waals surface area contributed by atoms with E-state index in [0.717, 1.165) is 61.8 Å². The van der Waals surface area contributed by atoms with E-state index in [0.29, 0.717) is 51.0 Å². The molecule has 2 aliphatic heterocycles. The lowest BCUT2D eigenvalue weighted by Crippen LogP contribution is -2.67. The summed E-state index contributed by atoms with van der Waals surface area (Å²) in [5, 5.41) is 59.8. The van der Waals surface area contributed by atoms with Crippen LogP contribution in [0.4, 0.5) is 5.69 Å². The third-order valence-corrected chi connectivity index (χ3v) is 18.4. The first kappa shape index (κ1) is 38.2. The molecule has 2 spiro atoms. The van der Waals surface area contributed by atoms with Crippen LogP contribution in [-0.4, -0.2) is 79.4 Å². The third kappa shape index (κ3) is 5.07. The molecule has 2 heterocycles. The van der Waals surface area contributed by atoms with Gasteiger partial charge in [0.05, 0.1) is 34.9 Å². The molecule has 9 nitrogen and oxygen atoms in total. The maximum absolute atomic E-state index is 14.3. The summed E-state index contributed by atoms with van der Waals surface area (Å²) >= 11 is 0. The molecule has 0 unspecified atom stereocenters. The predicted octanol–water partition coefficient (Wildman–Crippen LogP) is 6.40. The molecule has 1 aromatic rings. The van der Waals surface area contributed by atoms with Crippen molar-refractivity contribution in [3.05, 3.63) is 35.4 Å². The number of carbonyl (C=O) groups excluding carboxylic acids is 2. The molecule has 6 aliphatic carbocycles. The summed E-state index contributed by atoms with van der Waals surface area (Å²) in [6.45, 7) is 11.2. The fourth-order valence-electron chi connectivity index (χ4n) is 15.0. The van der Waals surface area contributed by atoms with Crippen LogP contribution in [-0.2, 0) is 20.7 Å². The first-order valence-electron chi connectivity index (χ1n) is 21.8. The van der Waals surface area contributed by atoms with E-state index in [9.17, 15) is 35.1 Å². The van der Waals surface area contributed by atoms with Crippen LogP contribution >= 0.6 is 0 Å². The summed E-state index contributed by atoms with van der Waals surface area (Å²) < 4.78 is 6.34. The second-order valence-electron chi connectivity index (χ2n) is 20.7. The van der Waals surface area contributed by atoms with Gasteiger partial charge in [0.25, 0.3) is 0 Å². The molecule has 302 valence electrons. The van der Waals surface area contributed by atoms with Gasteiger partial charge in [0.2, 0.25) is 5.91 Å². The maximum Gasteiger partial charge on any atom is 0.233 e. The van der Waals surface area contributed by atoms with Gasteiger partial charge in [-0.3, -0.25) is 9.59 Å². The number of hydrogen-bond donors (Lipinski definition) is 5. The molecule has 1 amide bonds. The number of aryl methyl sites for hydroxylation is 1. The molecule has 9 rings (SSSR count). The topological polar surface area (TPSA) is 151 Å². The Morgan fingerprint density at radius 1 is 0.964 bits per heavy atom. The molecular weight excluding hydrogens is 695 g/mol. The zero-order chi connectivity index (χ0) is 39.1. The number of epoxide rings is 1. The minimum absolute atomic E-state index is 0.0644. The van der Waals surface area contributed by atoms with Gasteiger partial charge in [-0.2, -0.15) is 0 Å². The molecule has 55 heavy (non-hydrogen) atoms. The van der Waals surface area contributed by atoms with Crippen LogP contribution in [0.15, 0.2) is 29.8 Å². The number of ether oxygens (including phenoxy) is 1. The van der Waals surface area contributed by atoms with Crippen molar-refractivity contribution in [1.29, 1.82) is 0 Å². The van der Waals surface area contributed by atoms with Crippen molar-refractivity contribution in [1.82, 2.24) is 0 Å². The third-order valence-electron chi connectivity index (χ3n) is 18.4. The van der Waals surface area contributed by atoms with Gasteiger partial charge in [0.1, 0.15) is 11.9 Å². The normalized spacial score (nSPS) is 44.6. The highest BCUT2D eigenvalue weighted by atomic mass is 16.6. The number of rotatable bonds is 8. The molecule has 5 N–H and O–H groups in total. The number of aliphatic hydroxyl groups excluding tert-OH is 2. The van der Waals surface area contributed by atoms with Gasteiger partial charge in [-0.15, -0.1) is 0 Å². The molecule has 0 bridgehead atoms. The van der Waals surface area contributed by atoms with Gasteiger partial charge < -0.3 is 35.2 Å². The van der Waals surface area contributed by atoms with Crippen molar-refractivity contribution in [2.45, 2.75) is 167 Å². The van der Waals surface area contributed by atoms with E-state index in [-0.39, 0.29) is 59.2 Å². The molecule has 8 aliphatic rings. The van der Waals surface area contributed by atoms with Gasteiger partial charge in [0.15, 0.2) is 5.78 Å². The highest BCUT2D eigenvalue weighted by molar-refractivity contribution is 6.00. The first-order chi connectivity index (χ1) is 26.0. The van der Waals surface area contributed by atoms with Gasteiger partial charge in [-0.25, -0.2) is 0 Å². The van der Waals surface area contributed by atoms with Gasteiger partial charge in [-0.05, 0) is 142 Å². The number of fused-ring (bicyclic) bond motifs is 2. The fourth-order valence-corrected chi connectivity index (χ4v) is 15.0. The van der Waals surface area contributed by atoms with Gasteiger partial charge in [-0.1, -0.05) is 47.0 Å². The zero-order valence-electron chi connectivity index (χ0n) is 33.7. The second kappa shape index (κ2) is 12.6. The van der Waals surface area contributed by atoms with Crippen LogP contribution in [0.3, 0.4) is 0 Å². The number of hydrogen-bond acceptors (Lipinski definition) is 8. The van der Waals surface area contributed by atoms with E-state index in [2.05, 4.69) is 27.7 Å². The number of allylic oxidation sites excluding steroid dienone is 1. The summed E-state index contributed by atoms with van der Waals surface area (Å²) in [6.07, 6.45) is 10.6. The Morgan fingerprint density at radius 2 is 1.71 bits per heavy atom. The van der Waals surface area contributed by atoms with Gasteiger partial charge >= 0.3 is 0 Å². The molecule has 0 aromatic heterocycles. The predicted molar refractivity (Wildman–Crippen MR) is 208 cm³/mol. The van der Waals surface area contributed by atoms with Crippen molar-refractivity contribution in [2.75, 3.05) is 11.4 Å². The lowest BCUT2D eigenvalue weighted by molar-refractivity contribution is -0.193. The Kier molecular flexibility index (Phi) is 8.76. The largest absolute Gasteiger partial charge is 0.508 e. The van der Waals surface area contributed by atoms with E-state index in [1.165, 1.54) is 6.42 Å². The number of ketones is 1. The van der Waals surface area contributed by atoms with Crippen LogP contribution in [0.25, 0.3) is 0 Å². The van der Waals surface area contributed by atoms with E-state index in [4.69, 9.17) is 4.74 Å². The number of phenols is 1. The molecule has 0 radical (unpaired) electrons. The molecule has 9 heteroatoms. The van der Waals surface area contributed by atoms with Crippen LogP contribution < -0.4 is 4.90 Å². The monoisotopic (exact) mass is 759 g/mol. The van der Waals surface area contributed by atoms with Crippen LogP contribution in [0, 0.1) is 51.2 Å². The van der Waals surface area contributed by atoms with Crippen LogP contribution in [0.5, 0.6) is 5.75 Å². The minimum Gasteiger partial charge on any atom is -0.508 e. The Balaban J connectivity index is 1.09. The maximum atomic E-state index is 14.3. The zero-order valence-corrected chi connectivity index (χ0v) is 33.7. The Labute approximate surface area is 326 Å². The fraction of sp³-hybridized carbons (Fsp3) is 0.783. The number of carbonyl (C=O) groups is 2. The van der Waals surface area contributed by atoms with Gasteiger partial charge in [0, 0.05) is 35.0 Å². The van der Waals surface area contributed by atoms with E-state index in [1.807, 2.05) is 17.9 Å². The highest BCUT2D eigenvalue weighted by Crippen LogP contribution is 2.79. The Hall–Kier alpha value is -2.30. The van der Waals surface area contributed by atoms with Crippen LogP contribution in [0.1, 0.15) is 130 Å². The summed E-state index contributed by atoms with van der Waals surface area (Å²) in [5.74, 6) is -0.111. The van der Waals surface area contributed by atoms with Crippen molar-refractivity contribution >= 4 is 17.4 Å². The van der Waals surface area contributed by atoms with E-state index in [1.54, 1.807) is 18.2 Å². The lowest BCUT2D eigenvalue weighted by atomic mass is 9.39. The number of nitrogens with zero attached hydrogens (tertiary/aromatic N) is 1. The Bertz CT molecular complexity index is 1780. The number of benzene rings is 1. The van der Waals surface area contributed by atoms with Crippen molar-refractivity contribution in [3.8, 4) is 5.75 Å².